The summed E-state index contributed by atoms with van der Waals surface area (Å²) in [6.45, 7) is 0.947. The minimum absolute atomic E-state index is 0.146. The van der Waals surface area contributed by atoms with Crippen molar-refractivity contribution < 1.29 is 4.79 Å². The molecule has 8 heteroatoms. The Morgan fingerprint density at radius 3 is 2.92 bits per heavy atom. The lowest BCUT2D eigenvalue weighted by Gasteiger charge is -2.09. The van der Waals surface area contributed by atoms with Crippen LogP contribution in [-0.4, -0.2) is 31.4 Å². The first-order valence-corrected chi connectivity index (χ1v) is 8.36. The Morgan fingerprint density at radius 2 is 2.12 bits per heavy atom. The molecule has 0 radical (unpaired) electrons. The summed E-state index contributed by atoms with van der Waals surface area (Å²) in [6, 6.07) is 10.1. The van der Waals surface area contributed by atoms with E-state index < -0.39 is 0 Å². The SMILES string of the molecule is O=C(Nc1ccccc1-c1cn2c(n1)SCC2)c1ccc(=O)[nH]n1. The van der Waals surface area contributed by atoms with Gasteiger partial charge in [0, 0.05) is 30.1 Å². The highest BCUT2D eigenvalue weighted by Crippen LogP contribution is 2.32. The van der Waals surface area contributed by atoms with Crippen molar-refractivity contribution in [2.24, 2.45) is 0 Å². The molecule has 0 atom stereocenters. The Morgan fingerprint density at radius 1 is 1.25 bits per heavy atom. The van der Waals surface area contributed by atoms with Crippen LogP contribution in [0.25, 0.3) is 11.3 Å². The Hall–Kier alpha value is -2.87. The average molecular weight is 339 g/mol. The van der Waals surface area contributed by atoms with E-state index in [0.29, 0.717) is 5.69 Å². The van der Waals surface area contributed by atoms with Gasteiger partial charge in [0.2, 0.25) is 0 Å². The van der Waals surface area contributed by atoms with Gasteiger partial charge in [0.1, 0.15) is 5.69 Å². The van der Waals surface area contributed by atoms with E-state index in [1.165, 1.54) is 12.1 Å². The molecule has 3 aromatic rings. The second-order valence-electron chi connectivity index (χ2n) is 5.26. The lowest BCUT2D eigenvalue weighted by Crippen LogP contribution is -2.17. The van der Waals surface area contributed by atoms with Crippen LogP contribution < -0.4 is 10.9 Å². The van der Waals surface area contributed by atoms with Gasteiger partial charge in [-0.1, -0.05) is 30.0 Å². The molecule has 24 heavy (non-hydrogen) atoms. The van der Waals surface area contributed by atoms with Crippen molar-refractivity contribution in [2.75, 3.05) is 11.1 Å². The predicted octanol–water partition coefficient (Wildman–Crippen LogP) is 1.99. The van der Waals surface area contributed by atoms with E-state index in [-0.39, 0.29) is 17.2 Å². The van der Waals surface area contributed by atoms with E-state index in [1.807, 2.05) is 30.5 Å². The number of nitrogens with one attached hydrogen (secondary N) is 2. The maximum atomic E-state index is 12.3. The van der Waals surface area contributed by atoms with Crippen LogP contribution in [0.4, 0.5) is 5.69 Å². The number of benzene rings is 1. The summed E-state index contributed by atoms with van der Waals surface area (Å²) in [6.07, 6.45) is 2.00. The predicted molar refractivity (Wildman–Crippen MR) is 91.2 cm³/mol. The van der Waals surface area contributed by atoms with Crippen molar-refractivity contribution in [3.05, 3.63) is 58.6 Å². The number of aromatic nitrogens is 4. The second-order valence-corrected chi connectivity index (χ2v) is 6.32. The quantitative estimate of drug-likeness (QED) is 0.761. The highest BCUT2D eigenvalue weighted by Gasteiger charge is 2.18. The highest BCUT2D eigenvalue weighted by molar-refractivity contribution is 7.99. The van der Waals surface area contributed by atoms with Gasteiger partial charge in [0.15, 0.2) is 5.16 Å². The molecule has 0 fully saturated rings. The van der Waals surface area contributed by atoms with Gasteiger partial charge >= 0.3 is 0 Å². The van der Waals surface area contributed by atoms with Gasteiger partial charge in [0.05, 0.1) is 11.4 Å². The molecule has 0 spiro atoms. The van der Waals surface area contributed by atoms with Crippen molar-refractivity contribution in [3.8, 4) is 11.3 Å². The zero-order chi connectivity index (χ0) is 16.5. The van der Waals surface area contributed by atoms with E-state index in [0.717, 1.165) is 28.7 Å². The summed E-state index contributed by atoms with van der Waals surface area (Å²) in [4.78, 5) is 28.0. The first-order chi connectivity index (χ1) is 11.7. The van der Waals surface area contributed by atoms with Crippen LogP contribution in [0.1, 0.15) is 10.5 Å². The third-order valence-corrected chi connectivity index (χ3v) is 4.64. The number of carbonyl (C=O) groups is 1. The lowest BCUT2D eigenvalue weighted by atomic mass is 10.1. The first-order valence-electron chi connectivity index (χ1n) is 7.37. The lowest BCUT2D eigenvalue weighted by molar-refractivity contribution is 0.102. The van der Waals surface area contributed by atoms with Crippen LogP contribution in [0.15, 0.2) is 52.5 Å². The fourth-order valence-corrected chi connectivity index (χ4v) is 3.46. The zero-order valence-corrected chi connectivity index (χ0v) is 13.3. The number of fused-ring (bicyclic) bond motifs is 1. The van der Waals surface area contributed by atoms with Gasteiger partial charge in [-0.3, -0.25) is 9.59 Å². The van der Waals surface area contributed by atoms with Crippen molar-refractivity contribution in [1.82, 2.24) is 19.7 Å². The van der Waals surface area contributed by atoms with E-state index in [2.05, 4.69) is 25.1 Å². The van der Waals surface area contributed by atoms with Gasteiger partial charge in [-0.15, -0.1) is 0 Å². The average Bonchev–Trinajstić information content (AvgIpc) is 3.17. The maximum Gasteiger partial charge on any atom is 0.276 e. The van der Waals surface area contributed by atoms with Gasteiger partial charge in [-0.25, -0.2) is 10.1 Å². The van der Waals surface area contributed by atoms with Crippen LogP contribution in [0.5, 0.6) is 0 Å². The fourth-order valence-electron chi connectivity index (χ4n) is 2.51. The van der Waals surface area contributed by atoms with Crippen LogP contribution in [0.2, 0.25) is 0 Å². The number of para-hydroxylation sites is 1. The standard InChI is InChI=1S/C16H13N5O2S/c22-14-6-5-12(19-20-14)15(23)17-11-4-2-1-3-10(11)13-9-21-7-8-24-16(21)18-13/h1-6,9H,7-8H2,(H,17,23)(H,20,22). The zero-order valence-electron chi connectivity index (χ0n) is 12.5. The van der Waals surface area contributed by atoms with E-state index >= 15 is 0 Å². The van der Waals surface area contributed by atoms with Crippen LogP contribution in [0.3, 0.4) is 0 Å². The third-order valence-electron chi connectivity index (χ3n) is 3.67. The number of rotatable bonds is 3. The fraction of sp³-hybridized carbons (Fsp3) is 0.125. The molecule has 120 valence electrons. The molecule has 7 nitrogen and oxygen atoms in total. The molecule has 2 aromatic heterocycles. The number of amides is 1. The monoisotopic (exact) mass is 339 g/mol. The summed E-state index contributed by atoms with van der Waals surface area (Å²) in [7, 11) is 0. The van der Waals surface area contributed by atoms with Crippen LogP contribution >= 0.6 is 11.8 Å². The minimum Gasteiger partial charge on any atom is -0.325 e. The Balaban J connectivity index is 1.65. The summed E-state index contributed by atoms with van der Waals surface area (Å²) < 4.78 is 2.11. The molecule has 0 bridgehead atoms. The number of nitrogens with zero attached hydrogens (tertiary/aromatic N) is 3. The Kier molecular flexibility index (Phi) is 3.66. The molecule has 1 amide bonds. The molecule has 1 aromatic carbocycles. The molecule has 1 aliphatic rings. The third kappa shape index (κ3) is 2.71. The molecular weight excluding hydrogens is 326 g/mol. The largest absolute Gasteiger partial charge is 0.325 e. The Labute approximate surface area is 141 Å². The summed E-state index contributed by atoms with van der Waals surface area (Å²) in [5.41, 5.74) is 2.11. The molecule has 3 heterocycles. The van der Waals surface area contributed by atoms with E-state index in [4.69, 9.17) is 0 Å². The summed E-state index contributed by atoms with van der Waals surface area (Å²) >= 11 is 1.72. The summed E-state index contributed by atoms with van der Waals surface area (Å²) in [5, 5.41) is 9.82. The number of hydrogen-bond donors (Lipinski definition) is 2. The molecule has 4 rings (SSSR count). The molecule has 0 unspecified atom stereocenters. The van der Waals surface area contributed by atoms with Crippen molar-refractivity contribution >= 4 is 23.4 Å². The van der Waals surface area contributed by atoms with Crippen LogP contribution in [-0.2, 0) is 6.54 Å². The van der Waals surface area contributed by atoms with E-state index in [9.17, 15) is 9.59 Å². The minimum atomic E-state index is -0.389. The first kappa shape index (κ1) is 14.7. The van der Waals surface area contributed by atoms with Gasteiger partial charge in [0.25, 0.3) is 11.5 Å². The number of aryl methyl sites for hydroxylation is 1. The molecule has 1 aliphatic heterocycles. The Bertz CT molecular complexity index is 937. The number of aromatic amines is 1. The maximum absolute atomic E-state index is 12.3. The van der Waals surface area contributed by atoms with Crippen molar-refractivity contribution in [2.45, 2.75) is 11.7 Å². The van der Waals surface area contributed by atoms with Crippen molar-refractivity contribution in [1.29, 1.82) is 0 Å². The molecule has 0 saturated heterocycles. The van der Waals surface area contributed by atoms with Crippen molar-refractivity contribution in [3.63, 3.8) is 0 Å². The van der Waals surface area contributed by atoms with Gasteiger partial charge in [-0.05, 0) is 12.1 Å². The number of H-pyrrole nitrogens is 1. The number of thioether (sulfide) groups is 1. The van der Waals surface area contributed by atoms with Gasteiger partial charge in [-0.2, -0.15) is 5.10 Å². The second kappa shape index (κ2) is 5.97. The molecule has 2 N–H and O–H groups in total. The molecule has 0 saturated carbocycles. The smallest absolute Gasteiger partial charge is 0.276 e. The molecular formula is C16H13N5O2S. The number of carbonyl (C=O) groups excluding carboxylic acids is 1. The van der Waals surface area contributed by atoms with Crippen LogP contribution in [0, 0.1) is 0 Å². The number of imidazole rings is 1. The topological polar surface area (TPSA) is 92.7 Å². The number of anilines is 1. The molecule has 0 aliphatic carbocycles. The van der Waals surface area contributed by atoms with Gasteiger partial charge < -0.3 is 9.88 Å². The van der Waals surface area contributed by atoms with E-state index in [1.54, 1.807) is 11.8 Å². The highest BCUT2D eigenvalue weighted by atomic mass is 32.2. The summed E-state index contributed by atoms with van der Waals surface area (Å²) in [5.74, 6) is 0.652. The normalized spacial score (nSPS) is 12.8. The number of hydrogen-bond acceptors (Lipinski definition) is 5.